The van der Waals surface area contributed by atoms with Crippen molar-refractivity contribution in [1.82, 2.24) is 9.97 Å². The van der Waals surface area contributed by atoms with Crippen molar-refractivity contribution in [3.63, 3.8) is 0 Å². The van der Waals surface area contributed by atoms with Crippen LogP contribution in [-0.2, 0) is 4.74 Å². The summed E-state index contributed by atoms with van der Waals surface area (Å²) in [5.41, 5.74) is 2.71. The molecule has 1 N–H and O–H groups in total. The van der Waals surface area contributed by atoms with Gasteiger partial charge in [-0.25, -0.2) is 14.8 Å². The summed E-state index contributed by atoms with van der Waals surface area (Å²) in [4.78, 5) is 40.7. The maximum atomic E-state index is 13.3. The molecule has 4 aromatic rings. The number of hydrogen-bond acceptors (Lipinski definition) is 9. The molecule has 0 aliphatic carbocycles. The molecule has 0 radical (unpaired) electrons. The zero-order valence-corrected chi connectivity index (χ0v) is 22.4. The number of para-hydroxylation sites is 1. The largest absolute Gasteiger partial charge is 0.497 e. The molecule has 0 atom stereocenters. The van der Waals surface area contributed by atoms with Gasteiger partial charge in [-0.1, -0.05) is 12.1 Å². The molecule has 3 heterocycles. The fourth-order valence-corrected chi connectivity index (χ4v) is 5.68. The third kappa shape index (κ3) is 4.99. The molecule has 10 heteroatoms. The van der Waals surface area contributed by atoms with E-state index in [4.69, 9.17) is 9.47 Å². The Morgan fingerprint density at radius 3 is 2.42 bits per heavy atom. The summed E-state index contributed by atoms with van der Waals surface area (Å²) >= 11 is 1.33. The van der Waals surface area contributed by atoms with Crippen LogP contribution in [0.4, 0.5) is 17.2 Å². The Morgan fingerprint density at radius 1 is 1.00 bits per heavy atom. The number of methoxy groups -OCH3 is 1. The van der Waals surface area contributed by atoms with E-state index in [9.17, 15) is 9.59 Å². The molecule has 38 heavy (non-hydrogen) atoms. The van der Waals surface area contributed by atoms with Gasteiger partial charge in [0.05, 0.1) is 35.2 Å². The highest BCUT2D eigenvalue weighted by Gasteiger charge is 2.25. The molecule has 0 spiro atoms. The number of rotatable bonds is 7. The van der Waals surface area contributed by atoms with Crippen LogP contribution in [0.1, 0.15) is 32.5 Å². The first-order valence-electron chi connectivity index (χ1n) is 12.5. The van der Waals surface area contributed by atoms with Gasteiger partial charge in [0, 0.05) is 31.9 Å². The summed E-state index contributed by atoms with van der Waals surface area (Å²) in [6.45, 7) is 7.21. The van der Waals surface area contributed by atoms with Crippen molar-refractivity contribution in [1.29, 1.82) is 0 Å². The van der Waals surface area contributed by atoms with Crippen LogP contribution in [0.2, 0.25) is 0 Å². The lowest BCUT2D eigenvalue weighted by atomic mass is 10.1. The minimum Gasteiger partial charge on any atom is -0.497 e. The number of anilines is 3. The lowest BCUT2D eigenvalue weighted by Crippen LogP contribution is -2.46. The van der Waals surface area contributed by atoms with E-state index in [0.29, 0.717) is 16.1 Å². The van der Waals surface area contributed by atoms with Crippen molar-refractivity contribution < 1.29 is 19.1 Å². The molecule has 9 nitrogen and oxygen atoms in total. The smallest absolute Gasteiger partial charge is 0.340 e. The standard InChI is InChI=1S/C28H29N5O4S/c1-4-37-28(35)21-7-5-6-8-22(21)31-26(34)24-18(2)23-25(29-17-30-27(23)38-24)33-15-13-32(14-16-33)19-9-11-20(36-3)12-10-19/h5-12,17H,4,13-16H2,1-3H3,(H,31,34). The van der Waals surface area contributed by atoms with E-state index in [1.165, 1.54) is 11.3 Å². The molecule has 2 aromatic carbocycles. The van der Waals surface area contributed by atoms with Crippen molar-refractivity contribution >= 4 is 50.6 Å². The second-order valence-corrected chi connectivity index (χ2v) is 9.82. The molecule has 1 saturated heterocycles. The average molecular weight is 532 g/mol. The zero-order chi connectivity index (χ0) is 26.6. The Bertz CT molecular complexity index is 1460. The highest BCUT2D eigenvalue weighted by molar-refractivity contribution is 7.20. The second kappa shape index (κ2) is 11.1. The average Bonchev–Trinajstić information content (AvgIpc) is 3.30. The number of benzene rings is 2. The summed E-state index contributed by atoms with van der Waals surface area (Å²) in [6, 6.07) is 14.9. The second-order valence-electron chi connectivity index (χ2n) is 8.83. The van der Waals surface area contributed by atoms with Gasteiger partial charge in [0.1, 0.15) is 22.7 Å². The van der Waals surface area contributed by atoms with Gasteiger partial charge >= 0.3 is 5.97 Å². The van der Waals surface area contributed by atoms with Gasteiger partial charge in [0.15, 0.2) is 0 Å². The van der Waals surface area contributed by atoms with Crippen LogP contribution in [0.25, 0.3) is 10.2 Å². The van der Waals surface area contributed by atoms with Crippen molar-refractivity contribution in [2.45, 2.75) is 13.8 Å². The third-order valence-electron chi connectivity index (χ3n) is 6.60. The molecular formula is C28H29N5O4S. The number of hydrogen-bond donors (Lipinski definition) is 1. The number of carbonyl (C=O) groups excluding carboxylic acids is 2. The van der Waals surface area contributed by atoms with E-state index < -0.39 is 5.97 Å². The number of carbonyl (C=O) groups is 2. The van der Waals surface area contributed by atoms with Crippen LogP contribution in [-0.4, -0.2) is 61.7 Å². The van der Waals surface area contributed by atoms with Crippen LogP contribution in [0, 0.1) is 6.92 Å². The van der Waals surface area contributed by atoms with E-state index in [-0.39, 0.29) is 12.5 Å². The summed E-state index contributed by atoms with van der Waals surface area (Å²) < 4.78 is 10.4. The maximum absolute atomic E-state index is 13.3. The minimum absolute atomic E-state index is 0.256. The van der Waals surface area contributed by atoms with Gasteiger partial charge in [-0.15, -0.1) is 11.3 Å². The lowest BCUT2D eigenvalue weighted by Gasteiger charge is -2.37. The first-order valence-corrected chi connectivity index (χ1v) is 13.3. The van der Waals surface area contributed by atoms with Crippen LogP contribution < -0.4 is 19.9 Å². The van der Waals surface area contributed by atoms with E-state index >= 15 is 0 Å². The first-order chi connectivity index (χ1) is 18.5. The Kier molecular flexibility index (Phi) is 7.41. The molecule has 1 fully saturated rings. The van der Waals surface area contributed by atoms with Crippen molar-refractivity contribution in [3.8, 4) is 5.75 Å². The summed E-state index contributed by atoms with van der Waals surface area (Å²) in [5, 5.41) is 3.78. The molecule has 1 aliphatic heterocycles. The van der Waals surface area contributed by atoms with Crippen molar-refractivity contribution in [2.75, 3.05) is 55.0 Å². The summed E-state index contributed by atoms with van der Waals surface area (Å²) in [7, 11) is 1.67. The normalized spacial score (nSPS) is 13.4. The van der Waals surface area contributed by atoms with Crippen LogP contribution in [0.3, 0.4) is 0 Å². The number of aryl methyl sites for hydroxylation is 1. The molecular weight excluding hydrogens is 502 g/mol. The molecule has 0 bridgehead atoms. The Hall–Kier alpha value is -4.18. The molecule has 0 unspecified atom stereocenters. The highest BCUT2D eigenvalue weighted by Crippen LogP contribution is 2.36. The predicted molar refractivity (Wildman–Crippen MR) is 150 cm³/mol. The Labute approximate surface area is 225 Å². The highest BCUT2D eigenvalue weighted by atomic mass is 32.1. The maximum Gasteiger partial charge on any atom is 0.340 e. The van der Waals surface area contributed by atoms with E-state index in [2.05, 4.69) is 37.2 Å². The van der Waals surface area contributed by atoms with Gasteiger partial charge in [-0.2, -0.15) is 0 Å². The number of nitrogens with zero attached hydrogens (tertiary/aromatic N) is 4. The number of piperazine rings is 1. The SMILES string of the molecule is CCOC(=O)c1ccccc1NC(=O)c1sc2ncnc(N3CCN(c4ccc(OC)cc4)CC3)c2c1C. The van der Waals surface area contributed by atoms with Gasteiger partial charge in [-0.05, 0) is 55.8 Å². The van der Waals surface area contributed by atoms with Gasteiger partial charge in [0.2, 0.25) is 0 Å². The zero-order valence-electron chi connectivity index (χ0n) is 21.6. The summed E-state index contributed by atoms with van der Waals surface area (Å²) in [5.74, 6) is 0.910. The quantitative estimate of drug-likeness (QED) is 0.341. The number of esters is 1. The first kappa shape index (κ1) is 25.5. The van der Waals surface area contributed by atoms with E-state index in [1.807, 2.05) is 19.1 Å². The molecule has 5 rings (SSSR count). The third-order valence-corrected chi connectivity index (χ3v) is 7.80. The molecule has 1 amide bonds. The Morgan fingerprint density at radius 2 is 1.71 bits per heavy atom. The topological polar surface area (TPSA) is 96.9 Å². The van der Waals surface area contributed by atoms with Crippen molar-refractivity contribution in [2.24, 2.45) is 0 Å². The number of fused-ring (bicyclic) bond motifs is 1. The van der Waals surface area contributed by atoms with Gasteiger partial charge < -0.3 is 24.6 Å². The summed E-state index contributed by atoms with van der Waals surface area (Å²) in [6.07, 6.45) is 1.56. The van der Waals surface area contributed by atoms with Gasteiger partial charge in [-0.3, -0.25) is 4.79 Å². The molecule has 0 saturated carbocycles. The number of ether oxygens (including phenoxy) is 2. The van der Waals surface area contributed by atoms with Crippen LogP contribution >= 0.6 is 11.3 Å². The number of aromatic nitrogens is 2. The molecule has 196 valence electrons. The number of nitrogens with one attached hydrogen (secondary N) is 1. The van der Waals surface area contributed by atoms with E-state index in [0.717, 1.165) is 59.2 Å². The fraction of sp³-hybridized carbons (Fsp3) is 0.286. The van der Waals surface area contributed by atoms with Crippen molar-refractivity contribution in [3.05, 3.63) is 70.9 Å². The van der Waals surface area contributed by atoms with Crippen LogP contribution in [0.15, 0.2) is 54.9 Å². The fourth-order valence-electron chi connectivity index (χ4n) is 4.64. The Balaban J connectivity index is 1.36. The lowest BCUT2D eigenvalue weighted by molar-refractivity contribution is 0.0527. The monoisotopic (exact) mass is 531 g/mol. The molecule has 1 aliphatic rings. The number of amides is 1. The molecule has 2 aromatic heterocycles. The number of thiophene rings is 1. The van der Waals surface area contributed by atoms with E-state index in [1.54, 1.807) is 44.6 Å². The predicted octanol–water partition coefficient (Wildman–Crippen LogP) is 4.76. The van der Waals surface area contributed by atoms with Crippen LogP contribution in [0.5, 0.6) is 5.75 Å². The minimum atomic E-state index is -0.474. The van der Waals surface area contributed by atoms with Gasteiger partial charge in [0.25, 0.3) is 5.91 Å².